The fourth-order valence-electron chi connectivity index (χ4n) is 3.53. The smallest absolute Gasteiger partial charge is 0.312 e. The van der Waals surface area contributed by atoms with Crippen LogP contribution in [0.3, 0.4) is 0 Å². The Kier molecular flexibility index (Phi) is 4.82. The van der Waals surface area contributed by atoms with E-state index in [0.29, 0.717) is 16.5 Å². The Balaban J connectivity index is 1.54. The van der Waals surface area contributed by atoms with Gasteiger partial charge < -0.3 is 20.7 Å². The topological polar surface area (TPSA) is 111 Å². The molecule has 0 bridgehead atoms. The zero-order valence-corrected chi connectivity index (χ0v) is 16.1. The lowest BCUT2D eigenvalue weighted by Crippen LogP contribution is -2.44. The quantitative estimate of drug-likeness (QED) is 0.478. The highest BCUT2D eigenvalue weighted by molar-refractivity contribution is 7.22. The minimum Gasteiger partial charge on any atom is -0.481 e. The Morgan fingerprint density at radius 1 is 1.21 bits per heavy atom. The molecule has 1 aliphatic carbocycles. The van der Waals surface area contributed by atoms with Gasteiger partial charge in [-0.3, -0.25) is 14.4 Å². The number of aromatic amines is 1. The number of carbonyl (C=O) groups is 3. The Labute approximate surface area is 168 Å². The number of fused-ring (bicyclic) bond motifs is 2. The average molecular weight is 418 g/mol. The number of hydrogen-bond donors (Lipinski definition) is 4. The van der Waals surface area contributed by atoms with Crippen LogP contribution in [-0.4, -0.2) is 33.9 Å². The lowest BCUT2D eigenvalue weighted by molar-refractivity contribution is -0.140. The number of carboxylic acids is 1. The summed E-state index contributed by atoms with van der Waals surface area (Å²) in [6.45, 7) is 0. The number of H-pyrrole nitrogens is 1. The molecule has 3 aromatic rings. The summed E-state index contributed by atoms with van der Waals surface area (Å²) in [6.07, 6.45) is -0.0756. The van der Waals surface area contributed by atoms with Crippen molar-refractivity contribution in [3.63, 3.8) is 0 Å². The molecule has 4 N–H and O–H groups in total. The summed E-state index contributed by atoms with van der Waals surface area (Å²) in [5.41, 5.74) is 3.09. The van der Waals surface area contributed by atoms with Crippen molar-refractivity contribution in [2.24, 2.45) is 0 Å². The number of carboxylic acid groups (broad SMARTS) is 1. The first kappa shape index (κ1) is 18.5. The Hall–Kier alpha value is -2.84. The third kappa shape index (κ3) is 3.61. The van der Waals surface area contributed by atoms with Crippen molar-refractivity contribution in [3.05, 3.63) is 57.6 Å². The zero-order chi connectivity index (χ0) is 19.8. The van der Waals surface area contributed by atoms with Gasteiger partial charge in [-0.25, -0.2) is 0 Å². The van der Waals surface area contributed by atoms with Crippen molar-refractivity contribution in [2.45, 2.75) is 24.9 Å². The van der Waals surface area contributed by atoms with Gasteiger partial charge in [0.05, 0.1) is 26.6 Å². The Bertz CT molecular complexity index is 1060. The second-order valence-corrected chi connectivity index (χ2v) is 8.33. The van der Waals surface area contributed by atoms with Gasteiger partial charge in [0.1, 0.15) is 12.1 Å². The van der Waals surface area contributed by atoms with Gasteiger partial charge in [-0.05, 0) is 29.7 Å². The van der Waals surface area contributed by atoms with Crippen molar-refractivity contribution >= 4 is 50.9 Å². The Morgan fingerprint density at radius 3 is 2.75 bits per heavy atom. The number of carbonyl (C=O) groups excluding carboxylic acids is 2. The van der Waals surface area contributed by atoms with Crippen LogP contribution in [0.5, 0.6) is 0 Å². The molecule has 2 heterocycles. The molecule has 0 spiro atoms. The number of aliphatic carboxylic acids is 1. The monoisotopic (exact) mass is 417 g/mol. The maximum Gasteiger partial charge on any atom is 0.312 e. The van der Waals surface area contributed by atoms with Gasteiger partial charge in [-0.2, -0.15) is 0 Å². The van der Waals surface area contributed by atoms with Crippen molar-refractivity contribution in [1.82, 2.24) is 15.6 Å². The standard InChI is InChI=1S/C19H16ClN3O4S/c20-15-7-11-14(28-15)6-13(21-11)19(27)22-12-5-9-3-1-2-4-10(9)18(12)23-16(24)8-17(25)26/h1-4,6-7,12,18,21H,5,8H2,(H,22,27)(H,23,24)(H,25,26)/t12-,18-/m1/s1. The van der Waals surface area contributed by atoms with E-state index < -0.39 is 24.3 Å². The molecule has 0 aliphatic heterocycles. The lowest BCUT2D eigenvalue weighted by atomic mass is 10.1. The molecule has 1 aromatic carbocycles. The molecule has 1 aliphatic rings. The van der Waals surface area contributed by atoms with Crippen LogP contribution in [0, 0.1) is 0 Å². The number of benzene rings is 1. The number of nitrogens with one attached hydrogen (secondary N) is 3. The summed E-state index contributed by atoms with van der Waals surface area (Å²) in [6, 6.07) is 10.2. The molecule has 0 radical (unpaired) electrons. The van der Waals surface area contributed by atoms with Crippen LogP contribution in [-0.2, 0) is 16.0 Å². The molecule has 0 saturated heterocycles. The predicted octanol–water partition coefficient (Wildman–Crippen LogP) is 2.87. The average Bonchev–Trinajstić information content (AvgIpc) is 3.26. The van der Waals surface area contributed by atoms with Crippen molar-refractivity contribution in [3.8, 4) is 0 Å². The van der Waals surface area contributed by atoms with E-state index in [-0.39, 0.29) is 11.9 Å². The first-order valence-corrected chi connectivity index (χ1v) is 9.78. The van der Waals surface area contributed by atoms with Gasteiger partial charge >= 0.3 is 5.97 Å². The van der Waals surface area contributed by atoms with Gasteiger partial charge in [0.25, 0.3) is 5.91 Å². The summed E-state index contributed by atoms with van der Waals surface area (Å²) in [5, 5.41) is 14.5. The fourth-order valence-corrected chi connectivity index (χ4v) is 4.67. The van der Waals surface area contributed by atoms with E-state index in [1.165, 1.54) is 11.3 Å². The maximum atomic E-state index is 12.7. The van der Waals surface area contributed by atoms with E-state index in [1.807, 2.05) is 24.3 Å². The molecule has 2 aromatic heterocycles. The maximum absolute atomic E-state index is 12.7. The Morgan fingerprint density at radius 2 is 2.00 bits per heavy atom. The third-order valence-corrected chi connectivity index (χ3v) is 5.91. The summed E-state index contributed by atoms with van der Waals surface area (Å²) in [4.78, 5) is 38.6. The second-order valence-electron chi connectivity index (χ2n) is 6.61. The van der Waals surface area contributed by atoms with E-state index >= 15 is 0 Å². The van der Waals surface area contributed by atoms with Crippen LogP contribution >= 0.6 is 22.9 Å². The number of aromatic nitrogens is 1. The number of rotatable bonds is 5. The van der Waals surface area contributed by atoms with Crippen LogP contribution < -0.4 is 10.6 Å². The zero-order valence-electron chi connectivity index (χ0n) is 14.5. The van der Waals surface area contributed by atoms with Crippen LogP contribution in [0.4, 0.5) is 0 Å². The van der Waals surface area contributed by atoms with Crippen molar-refractivity contribution in [2.75, 3.05) is 0 Å². The molecule has 0 unspecified atom stereocenters. The molecule has 2 atom stereocenters. The molecule has 7 nitrogen and oxygen atoms in total. The van der Waals surface area contributed by atoms with E-state index in [1.54, 1.807) is 12.1 Å². The van der Waals surface area contributed by atoms with E-state index in [9.17, 15) is 14.4 Å². The summed E-state index contributed by atoms with van der Waals surface area (Å²) >= 11 is 7.34. The van der Waals surface area contributed by atoms with E-state index in [4.69, 9.17) is 16.7 Å². The van der Waals surface area contributed by atoms with Crippen molar-refractivity contribution in [1.29, 1.82) is 0 Å². The van der Waals surface area contributed by atoms with Gasteiger partial charge in [0, 0.05) is 0 Å². The first-order valence-electron chi connectivity index (χ1n) is 8.58. The fraction of sp³-hybridized carbons (Fsp3) is 0.211. The molecular formula is C19H16ClN3O4S. The SMILES string of the molecule is O=C(O)CC(=O)N[C@@H]1c2ccccc2C[C@H]1NC(=O)c1cc2sc(Cl)cc2[nH]1. The second kappa shape index (κ2) is 7.29. The lowest BCUT2D eigenvalue weighted by Gasteiger charge is -2.22. The number of hydrogen-bond acceptors (Lipinski definition) is 4. The normalized spacial score (nSPS) is 18.0. The molecule has 144 valence electrons. The highest BCUT2D eigenvalue weighted by Crippen LogP contribution is 2.32. The summed E-state index contributed by atoms with van der Waals surface area (Å²) < 4.78 is 1.52. The first-order chi connectivity index (χ1) is 13.4. The van der Waals surface area contributed by atoms with Crippen LogP contribution in [0.1, 0.15) is 34.1 Å². The summed E-state index contributed by atoms with van der Waals surface area (Å²) in [7, 11) is 0. The third-order valence-electron chi connectivity index (χ3n) is 4.70. The molecule has 4 rings (SSSR count). The number of halogens is 1. The van der Waals surface area contributed by atoms with Crippen LogP contribution in [0.15, 0.2) is 36.4 Å². The minimum absolute atomic E-state index is 0.296. The largest absolute Gasteiger partial charge is 0.481 e. The van der Waals surface area contributed by atoms with Gasteiger partial charge in [-0.15, -0.1) is 11.3 Å². The van der Waals surface area contributed by atoms with Crippen molar-refractivity contribution < 1.29 is 19.5 Å². The van der Waals surface area contributed by atoms with Gasteiger partial charge in [0.2, 0.25) is 5.91 Å². The molecule has 0 saturated carbocycles. The van der Waals surface area contributed by atoms with E-state index in [2.05, 4.69) is 15.6 Å². The van der Waals surface area contributed by atoms with Crippen LogP contribution in [0.25, 0.3) is 10.2 Å². The number of thiophene rings is 1. The molecule has 0 fully saturated rings. The van der Waals surface area contributed by atoms with E-state index in [0.717, 1.165) is 21.3 Å². The number of amides is 2. The van der Waals surface area contributed by atoms with Gasteiger partial charge in [0.15, 0.2) is 0 Å². The molecular weight excluding hydrogens is 402 g/mol. The predicted molar refractivity (Wildman–Crippen MR) is 106 cm³/mol. The van der Waals surface area contributed by atoms with Crippen LogP contribution in [0.2, 0.25) is 4.34 Å². The molecule has 2 amide bonds. The molecule has 28 heavy (non-hydrogen) atoms. The summed E-state index contributed by atoms with van der Waals surface area (Å²) in [5.74, 6) is -2.09. The molecule has 9 heteroatoms. The highest BCUT2D eigenvalue weighted by Gasteiger charge is 2.35. The van der Waals surface area contributed by atoms with Gasteiger partial charge in [-0.1, -0.05) is 35.9 Å². The highest BCUT2D eigenvalue weighted by atomic mass is 35.5. The minimum atomic E-state index is -1.20.